The lowest BCUT2D eigenvalue weighted by Gasteiger charge is -2.27. The second kappa shape index (κ2) is 4.47. The predicted molar refractivity (Wildman–Crippen MR) is 65.6 cm³/mol. The maximum absolute atomic E-state index is 5.88. The van der Waals surface area contributed by atoms with E-state index >= 15 is 0 Å². The summed E-state index contributed by atoms with van der Waals surface area (Å²) in [6, 6.07) is 5.75. The van der Waals surface area contributed by atoms with Crippen LogP contribution in [0.2, 0.25) is 5.15 Å². The molecule has 0 aromatic carbocycles. The summed E-state index contributed by atoms with van der Waals surface area (Å²) in [7, 11) is 0. The number of pyridine rings is 1. The normalized spacial score (nSPS) is 15.8. The molecule has 1 aliphatic heterocycles. The minimum Gasteiger partial charge on any atom is -0.333 e. The van der Waals surface area contributed by atoms with Gasteiger partial charge in [-0.1, -0.05) is 17.7 Å². The van der Waals surface area contributed by atoms with Crippen LogP contribution in [0, 0.1) is 0 Å². The number of nitrogens with zero attached hydrogens (tertiary/aromatic N) is 4. The first kappa shape index (κ1) is 10.7. The first-order valence-corrected chi connectivity index (χ1v) is 6.03. The lowest BCUT2D eigenvalue weighted by atomic mass is 10.3. The topological polar surface area (TPSA) is 34.0 Å². The summed E-state index contributed by atoms with van der Waals surface area (Å²) < 4.78 is 2.20. The van der Waals surface area contributed by atoms with Crippen molar-refractivity contribution in [2.45, 2.75) is 19.6 Å². The number of hydrogen-bond acceptors (Lipinski definition) is 3. The Labute approximate surface area is 105 Å². The standard InChI is InChI=1S/C12H13ClN4/c13-11-3-1-2-10(15-11)8-16-6-7-17-5-4-14-12(17)9-16/h1-5H,6-9H2. The maximum Gasteiger partial charge on any atom is 0.129 e. The van der Waals surface area contributed by atoms with Crippen molar-refractivity contribution in [2.75, 3.05) is 6.54 Å². The van der Waals surface area contributed by atoms with Crippen molar-refractivity contribution in [1.29, 1.82) is 0 Å². The Kier molecular flexibility index (Phi) is 2.82. The molecule has 3 rings (SSSR count). The van der Waals surface area contributed by atoms with E-state index in [4.69, 9.17) is 11.6 Å². The molecule has 2 aromatic rings. The highest BCUT2D eigenvalue weighted by Gasteiger charge is 2.16. The molecule has 0 radical (unpaired) electrons. The van der Waals surface area contributed by atoms with Crippen molar-refractivity contribution < 1.29 is 0 Å². The Balaban J connectivity index is 1.72. The van der Waals surface area contributed by atoms with Crippen LogP contribution in [0.5, 0.6) is 0 Å². The van der Waals surface area contributed by atoms with Gasteiger partial charge in [0.2, 0.25) is 0 Å². The molecule has 0 saturated carbocycles. The molecule has 88 valence electrons. The molecular weight excluding hydrogens is 236 g/mol. The molecule has 0 spiro atoms. The summed E-state index contributed by atoms with van der Waals surface area (Å²) in [5, 5.41) is 0.556. The monoisotopic (exact) mass is 248 g/mol. The van der Waals surface area contributed by atoms with Crippen molar-refractivity contribution in [1.82, 2.24) is 19.4 Å². The van der Waals surface area contributed by atoms with Crippen LogP contribution in [0.25, 0.3) is 0 Å². The van der Waals surface area contributed by atoms with Crippen LogP contribution in [0.4, 0.5) is 0 Å². The molecule has 0 bridgehead atoms. The largest absolute Gasteiger partial charge is 0.333 e. The number of rotatable bonds is 2. The molecule has 0 N–H and O–H groups in total. The highest BCUT2D eigenvalue weighted by molar-refractivity contribution is 6.29. The lowest BCUT2D eigenvalue weighted by Crippen LogP contribution is -2.33. The molecule has 17 heavy (non-hydrogen) atoms. The van der Waals surface area contributed by atoms with E-state index in [0.29, 0.717) is 5.15 Å². The van der Waals surface area contributed by atoms with Crippen molar-refractivity contribution in [3.05, 3.63) is 47.3 Å². The summed E-state index contributed by atoms with van der Waals surface area (Å²) in [5.74, 6) is 1.12. The zero-order chi connectivity index (χ0) is 11.7. The van der Waals surface area contributed by atoms with Crippen LogP contribution < -0.4 is 0 Å². The molecule has 0 atom stereocenters. The van der Waals surface area contributed by atoms with Gasteiger partial charge in [-0.2, -0.15) is 0 Å². The zero-order valence-corrected chi connectivity index (χ0v) is 10.1. The van der Waals surface area contributed by atoms with E-state index in [-0.39, 0.29) is 0 Å². The van der Waals surface area contributed by atoms with Crippen LogP contribution in [-0.4, -0.2) is 26.0 Å². The minimum atomic E-state index is 0.556. The van der Waals surface area contributed by atoms with Gasteiger partial charge < -0.3 is 4.57 Å². The molecular formula is C12H13ClN4. The number of imidazole rings is 1. The highest BCUT2D eigenvalue weighted by atomic mass is 35.5. The smallest absolute Gasteiger partial charge is 0.129 e. The summed E-state index contributed by atoms with van der Waals surface area (Å²) in [4.78, 5) is 11.0. The maximum atomic E-state index is 5.88. The van der Waals surface area contributed by atoms with Gasteiger partial charge in [0.25, 0.3) is 0 Å². The zero-order valence-electron chi connectivity index (χ0n) is 9.38. The van der Waals surface area contributed by atoms with Crippen LogP contribution in [-0.2, 0) is 19.6 Å². The van der Waals surface area contributed by atoms with Crippen molar-refractivity contribution >= 4 is 11.6 Å². The van der Waals surface area contributed by atoms with Gasteiger partial charge in [0.1, 0.15) is 11.0 Å². The summed E-state index contributed by atoms with van der Waals surface area (Å²) in [5.41, 5.74) is 1.01. The summed E-state index contributed by atoms with van der Waals surface area (Å²) >= 11 is 5.88. The Hall–Kier alpha value is -1.39. The molecule has 0 amide bonds. The molecule has 2 aromatic heterocycles. The molecule has 0 aliphatic carbocycles. The van der Waals surface area contributed by atoms with E-state index in [9.17, 15) is 0 Å². The van der Waals surface area contributed by atoms with E-state index in [2.05, 4.69) is 19.4 Å². The van der Waals surface area contributed by atoms with Gasteiger partial charge in [-0.05, 0) is 12.1 Å². The number of halogens is 1. The van der Waals surface area contributed by atoms with Crippen LogP contribution in [0.15, 0.2) is 30.6 Å². The Morgan fingerprint density at radius 3 is 3.12 bits per heavy atom. The van der Waals surface area contributed by atoms with E-state index < -0.39 is 0 Å². The van der Waals surface area contributed by atoms with E-state index in [1.807, 2.05) is 24.5 Å². The predicted octanol–water partition coefficient (Wildman–Crippen LogP) is 1.95. The first-order chi connectivity index (χ1) is 8.31. The molecule has 3 heterocycles. The van der Waals surface area contributed by atoms with Crippen molar-refractivity contribution in [2.24, 2.45) is 0 Å². The SMILES string of the molecule is Clc1cccc(CN2CCn3ccnc3C2)n1. The second-order valence-electron chi connectivity index (χ2n) is 4.20. The fourth-order valence-corrected chi connectivity index (χ4v) is 2.31. The Morgan fingerprint density at radius 2 is 2.24 bits per heavy atom. The molecule has 0 fully saturated rings. The Bertz CT molecular complexity index is 523. The lowest BCUT2D eigenvalue weighted by molar-refractivity contribution is 0.206. The van der Waals surface area contributed by atoms with Gasteiger partial charge in [0.15, 0.2) is 0 Å². The van der Waals surface area contributed by atoms with Crippen LogP contribution >= 0.6 is 11.6 Å². The third kappa shape index (κ3) is 2.33. The fourth-order valence-electron chi connectivity index (χ4n) is 2.13. The average molecular weight is 249 g/mol. The van der Waals surface area contributed by atoms with Crippen molar-refractivity contribution in [3.8, 4) is 0 Å². The van der Waals surface area contributed by atoms with E-state index in [1.54, 1.807) is 6.07 Å². The van der Waals surface area contributed by atoms with Gasteiger partial charge in [0.05, 0.1) is 12.2 Å². The first-order valence-electron chi connectivity index (χ1n) is 5.65. The summed E-state index contributed by atoms with van der Waals surface area (Å²) in [6.45, 7) is 3.72. The number of aromatic nitrogens is 3. The quantitative estimate of drug-likeness (QED) is 0.762. The van der Waals surface area contributed by atoms with E-state index in [1.165, 1.54) is 0 Å². The van der Waals surface area contributed by atoms with Gasteiger partial charge in [-0.25, -0.2) is 9.97 Å². The van der Waals surface area contributed by atoms with E-state index in [0.717, 1.165) is 37.7 Å². The van der Waals surface area contributed by atoms with Crippen LogP contribution in [0.1, 0.15) is 11.5 Å². The van der Waals surface area contributed by atoms with Crippen molar-refractivity contribution in [3.63, 3.8) is 0 Å². The molecule has 5 heteroatoms. The second-order valence-corrected chi connectivity index (χ2v) is 4.59. The molecule has 0 unspecified atom stereocenters. The summed E-state index contributed by atoms with van der Waals surface area (Å²) in [6.07, 6.45) is 3.89. The number of hydrogen-bond donors (Lipinski definition) is 0. The van der Waals surface area contributed by atoms with Gasteiger partial charge in [-0.15, -0.1) is 0 Å². The highest BCUT2D eigenvalue weighted by Crippen LogP contribution is 2.14. The fraction of sp³-hybridized carbons (Fsp3) is 0.333. The van der Waals surface area contributed by atoms with Gasteiger partial charge >= 0.3 is 0 Å². The van der Waals surface area contributed by atoms with Gasteiger partial charge in [0, 0.05) is 32.0 Å². The Morgan fingerprint density at radius 1 is 1.29 bits per heavy atom. The third-order valence-electron chi connectivity index (χ3n) is 2.98. The van der Waals surface area contributed by atoms with Gasteiger partial charge in [-0.3, -0.25) is 4.90 Å². The number of fused-ring (bicyclic) bond motifs is 1. The van der Waals surface area contributed by atoms with Crippen LogP contribution in [0.3, 0.4) is 0 Å². The minimum absolute atomic E-state index is 0.556. The molecule has 4 nitrogen and oxygen atoms in total. The third-order valence-corrected chi connectivity index (χ3v) is 3.19. The molecule has 0 saturated heterocycles. The average Bonchev–Trinajstić information content (AvgIpc) is 2.76. The molecule has 1 aliphatic rings.